The van der Waals surface area contributed by atoms with Gasteiger partial charge in [-0.25, -0.2) is 4.79 Å². The summed E-state index contributed by atoms with van der Waals surface area (Å²) in [6.45, 7) is 5.95. The molecule has 0 bridgehead atoms. The summed E-state index contributed by atoms with van der Waals surface area (Å²) in [4.78, 5) is 51.5. The van der Waals surface area contributed by atoms with E-state index < -0.39 is 67.3 Å². The predicted molar refractivity (Wildman–Crippen MR) is 349 cm³/mol. The monoisotopic (exact) mass is 1200 g/mol. The molecule has 12 heteroatoms. The van der Waals surface area contributed by atoms with Gasteiger partial charge in [0.25, 0.3) is 0 Å². The van der Waals surface area contributed by atoms with Crippen molar-refractivity contribution in [3.63, 3.8) is 0 Å². The van der Waals surface area contributed by atoms with Crippen LogP contribution in [0.25, 0.3) is 0 Å². The third kappa shape index (κ3) is 50.3. The van der Waals surface area contributed by atoms with Crippen LogP contribution in [0.5, 0.6) is 0 Å². The van der Waals surface area contributed by atoms with Crippen molar-refractivity contribution in [2.75, 3.05) is 13.2 Å². The van der Waals surface area contributed by atoms with E-state index in [0.29, 0.717) is 19.3 Å². The molecule has 1 heterocycles. The summed E-state index contributed by atoms with van der Waals surface area (Å²) >= 11 is 0. The fourth-order valence-electron chi connectivity index (χ4n) is 11.0. The Morgan fingerprint density at radius 1 is 0.400 bits per heavy atom. The van der Waals surface area contributed by atoms with E-state index in [4.69, 9.17) is 23.7 Å². The smallest absolute Gasteiger partial charge is 0.335 e. The molecular formula is C73H130O12. The molecule has 494 valence electrons. The molecule has 1 fully saturated rings. The van der Waals surface area contributed by atoms with Crippen LogP contribution in [0.2, 0.25) is 0 Å². The van der Waals surface area contributed by atoms with Crippen LogP contribution < -0.4 is 0 Å². The van der Waals surface area contributed by atoms with Crippen molar-refractivity contribution in [1.29, 1.82) is 0 Å². The first-order valence-corrected chi connectivity index (χ1v) is 35.6. The quantitative estimate of drug-likeness (QED) is 0.0228. The van der Waals surface area contributed by atoms with Gasteiger partial charge in [-0.05, 0) is 77.0 Å². The zero-order chi connectivity index (χ0) is 61.7. The van der Waals surface area contributed by atoms with Crippen molar-refractivity contribution in [2.45, 2.75) is 379 Å². The zero-order valence-electron chi connectivity index (χ0n) is 54.9. The first-order valence-electron chi connectivity index (χ1n) is 35.6. The minimum absolute atomic E-state index is 0.0515. The van der Waals surface area contributed by atoms with Gasteiger partial charge < -0.3 is 39.0 Å². The second-order valence-corrected chi connectivity index (χ2v) is 24.5. The summed E-state index contributed by atoms with van der Waals surface area (Å²) in [7, 11) is 0. The van der Waals surface area contributed by atoms with E-state index in [-0.39, 0.29) is 25.9 Å². The van der Waals surface area contributed by atoms with Gasteiger partial charge in [0.2, 0.25) is 0 Å². The molecule has 12 nitrogen and oxygen atoms in total. The Balaban J connectivity index is 2.62. The van der Waals surface area contributed by atoms with Gasteiger partial charge in [0.15, 0.2) is 24.6 Å². The number of allylic oxidation sites excluding steroid dienone is 8. The number of carboxylic acid groups (broad SMARTS) is 1. The number of hydrogen-bond donors (Lipinski definition) is 3. The van der Waals surface area contributed by atoms with Gasteiger partial charge in [0.1, 0.15) is 18.8 Å². The maximum Gasteiger partial charge on any atom is 0.335 e. The molecule has 85 heavy (non-hydrogen) atoms. The number of esters is 3. The van der Waals surface area contributed by atoms with Crippen molar-refractivity contribution in [3.8, 4) is 0 Å². The van der Waals surface area contributed by atoms with Crippen LogP contribution in [-0.2, 0) is 42.9 Å². The van der Waals surface area contributed by atoms with Crippen LogP contribution in [0, 0.1) is 0 Å². The Morgan fingerprint density at radius 3 is 1.14 bits per heavy atom. The molecular weight excluding hydrogens is 1070 g/mol. The third-order valence-electron chi connectivity index (χ3n) is 16.4. The molecule has 6 unspecified atom stereocenters. The Hall–Kier alpha value is -3.32. The number of aliphatic hydroxyl groups is 2. The van der Waals surface area contributed by atoms with Crippen molar-refractivity contribution < 1.29 is 58.2 Å². The van der Waals surface area contributed by atoms with Crippen LogP contribution in [-0.4, -0.2) is 89.2 Å². The van der Waals surface area contributed by atoms with E-state index in [9.17, 15) is 34.5 Å². The molecule has 0 spiro atoms. The summed E-state index contributed by atoms with van der Waals surface area (Å²) in [5.41, 5.74) is 0. The number of carbonyl (C=O) groups is 4. The summed E-state index contributed by atoms with van der Waals surface area (Å²) in [6.07, 6.45) is 63.5. The lowest BCUT2D eigenvalue weighted by Crippen LogP contribution is -2.61. The van der Waals surface area contributed by atoms with Crippen molar-refractivity contribution in [1.82, 2.24) is 0 Å². The minimum Gasteiger partial charge on any atom is -0.479 e. The molecule has 0 aliphatic carbocycles. The van der Waals surface area contributed by atoms with E-state index >= 15 is 0 Å². The number of ether oxygens (including phenoxy) is 5. The first kappa shape index (κ1) is 79.7. The van der Waals surface area contributed by atoms with Gasteiger partial charge >= 0.3 is 23.9 Å². The number of hydrogen-bond acceptors (Lipinski definition) is 11. The van der Waals surface area contributed by atoms with Crippen LogP contribution in [0.3, 0.4) is 0 Å². The highest BCUT2D eigenvalue weighted by atomic mass is 16.7. The molecule has 1 rings (SSSR count). The molecule has 1 aliphatic heterocycles. The molecule has 0 radical (unpaired) electrons. The van der Waals surface area contributed by atoms with Gasteiger partial charge in [-0.15, -0.1) is 0 Å². The standard InChI is InChI=1S/C73H130O12/c1-4-7-10-13-16-19-22-25-28-31-33-36-38-41-44-47-50-53-56-59-65(74)81-62-64(83-66(75)60-57-54-51-48-45-42-40-37-34-32-29-26-23-20-17-14-11-8-5-2)63-82-73-71(69(78)68(77)70(85-73)72(79)80)84-67(76)61-58-55-52-49-46-43-39-35-30-27-24-21-18-15-12-9-6-3/h9,12,18,21,25,27-28,30,64,68-71,73,77-78H,4-8,10-11,13-17,19-20,22-24,26,29,31-63H2,1-3H3,(H,79,80)/b12-9-,21-18-,28-25-,30-27-. The largest absolute Gasteiger partial charge is 0.479 e. The van der Waals surface area contributed by atoms with Gasteiger partial charge in [0.05, 0.1) is 6.61 Å². The average molecular weight is 1200 g/mol. The number of carboxylic acids is 1. The zero-order valence-corrected chi connectivity index (χ0v) is 54.9. The average Bonchev–Trinajstić information content (AvgIpc) is 2.83. The molecule has 1 saturated heterocycles. The molecule has 0 aromatic rings. The number of carbonyl (C=O) groups excluding carboxylic acids is 3. The highest BCUT2D eigenvalue weighted by Gasteiger charge is 2.50. The van der Waals surface area contributed by atoms with Gasteiger partial charge in [-0.1, -0.05) is 294 Å². The normalized spacial score (nSPS) is 17.7. The van der Waals surface area contributed by atoms with Crippen molar-refractivity contribution >= 4 is 23.9 Å². The topological polar surface area (TPSA) is 175 Å². The fourth-order valence-corrected chi connectivity index (χ4v) is 11.0. The lowest BCUT2D eigenvalue weighted by Gasteiger charge is -2.40. The van der Waals surface area contributed by atoms with E-state index in [1.165, 1.54) is 180 Å². The summed E-state index contributed by atoms with van der Waals surface area (Å²) in [5.74, 6) is -3.10. The second kappa shape index (κ2) is 60.9. The van der Waals surface area contributed by atoms with Crippen LogP contribution in [0.15, 0.2) is 48.6 Å². The molecule has 0 saturated carbocycles. The molecule has 0 amide bonds. The number of aliphatic carboxylic acids is 1. The van der Waals surface area contributed by atoms with Gasteiger partial charge in [0, 0.05) is 19.3 Å². The van der Waals surface area contributed by atoms with Crippen LogP contribution in [0.1, 0.15) is 342 Å². The van der Waals surface area contributed by atoms with Crippen molar-refractivity contribution in [3.05, 3.63) is 48.6 Å². The van der Waals surface area contributed by atoms with E-state index in [1.807, 2.05) is 0 Å². The SMILES string of the molecule is CC/C=C\C/C=C\C/C=C\CCCCCCCCCC(=O)OC1C(OCC(COC(=O)CCCCCCCCCCC/C=C\CCCCCCCC)OC(=O)CCCCCCCCCCCCCCCCCCCCC)OC(C(=O)O)C(O)C1O. The fraction of sp³-hybridized carbons (Fsp3) is 0.836. The molecule has 0 aromatic carbocycles. The Labute approximate surface area is 520 Å². The van der Waals surface area contributed by atoms with Gasteiger partial charge in [-0.2, -0.15) is 0 Å². The molecule has 6 atom stereocenters. The van der Waals surface area contributed by atoms with Crippen LogP contribution >= 0.6 is 0 Å². The Morgan fingerprint density at radius 2 is 0.741 bits per heavy atom. The predicted octanol–water partition coefficient (Wildman–Crippen LogP) is 19.7. The third-order valence-corrected chi connectivity index (χ3v) is 16.4. The summed E-state index contributed by atoms with van der Waals surface area (Å²) < 4.78 is 28.6. The maximum absolute atomic E-state index is 13.3. The van der Waals surface area contributed by atoms with Gasteiger partial charge in [-0.3, -0.25) is 14.4 Å². The Bertz CT molecular complexity index is 1660. The van der Waals surface area contributed by atoms with Crippen molar-refractivity contribution in [2.24, 2.45) is 0 Å². The second-order valence-electron chi connectivity index (χ2n) is 24.5. The highest BCUT2D eigenvalue weighted by molar-refractivity contribution is 5.74. The maximum atomic E-state index is 13.3. The number of aliphatic hydroxyl groups excluding tert-OH is 2. The lowest BCUT2D eigenvalue weighted by molar-refractivity contribution is -0.301. The minimum atomic E-state index is -1.91. The summed E-state index contributed by atoms with van der Waals surface area (Å²) in [5, 5.41) is 31.7. The highest BCUT2D eigenvalue weighted by Crippen LogP contribution is 2.27. The molecule has 3 N–H and O–H groups in total. The Kier molecular flexibility index (Phi) is 57.1. The number of unbranched alkanes of at least 4 members (excludes halogenated alkanes) is 40. The summed E-state index contributed by atoms with van der Waals surface area (Å²) in [6, 6.07) is 0. The lowest BCUT2D eigenvalue weighted by atomic mass is 9.98. The number of rotatable bonds is 62. The molecule has 1 aliphatic rings. The van der Waals surface area contributed by atoms with E-state index in [2.05, 4.69) is 69.4 Å². The molecule has 0 aromatic heterocycles. The first-order chi connectivity index (χ1) is 41.6. The van der Waals surface area contributed by atoms with Crippen LogP contribution in [0.4, 0.5) is 0 Å². The van der Waals surface area contributed by atoms with E-state index in [1.54, 1.807) is 0 Å². The van der Waals surface area contributed by atoms with E-state index in [0.717, 1.165) is 103 Å².